The minimum Gasteiger partial charge on any atom is -0.365 e. The molecule has 1 atom stereocenters. The molecular weight excluding hydrogens is 318 g/mol. The van der Waals surface area contributed by atoms with E-state index in [9.17, 15) is 14.9 Å². The quantitative estimate of drug-likeness (QED) is 0.636. The molecule has 0 bridgehead atoms. The maximum Gasteiger partial charge on any atom is 0.269 e. The lowest BCUT2D eigenvalue weighted by atomic mass is 10.1. The van der Waals surface area contributed by atoms with E-state index >= 15 is 0 Å². The molecule has 0 unspecified atom stereocenters. The van der Waals surface area contributed by atoms with Gasteiger partial charge in [0, 0.05) is 49.1 Å². The average molecular weight is 339 g/mol. The van der Waals surface area contributed by atoms with Gasteiger partial charge in [-0.3, -0.25) is 14.9 Å². The summed E-state index contributed by atoms with van der Waals surface area (Å²) in [6.07, 6.45) is 0. The average Bonchev–Trinajstić information content (AvgIpc) is 2.62. The second-order valence-electron chi connectivity index (χ2n) is 6.43. The lowest BCUT2D eigenvalue weighted by Gasteiger charge is -2.41. The van der Waals surface area contributed by atoms with Crippen molar-refractivity contribution >= 4 is 17.3 Å². The van der Waals surface area contributed by atoms with Crippen LogP contribution in [0, 0.1) is 17.0 Å². The van der Waals surface area contributed by atoms with Crippen molar-refractivity contribution in [3.8, 4) is 0 Å². The van der Waals surface area contributed by atoms with Crippen LogP contribution < -0.4 is 4.90 Å². The molecule has 1 amide bonds. The molecule has 0 aliphatic carbocycles. The molecule has 1 saturated heterocycles. The minimum absolute atomic E-state index is 0.00546. The predicted molar refractivity (Wildman–Crippen MR) is 97.0 cm³/mol. The van der Waals surface area contributed by atoms with Crippen LogP contribution in [0.4, 0.5) is 11.4 Å². The van der Waals surface area contributed by atoms with Crippen LogP contribution in [0.25, 0.3) is 0 Å². The third-order valence-corrected chi connectivity index (χ3v) is 4.61. The molecule has 1 heterocycles. The highest BCUT2D eigenvalue weighted by molar-refractivity contribution is 5.94. The number of non-ortho nitro benzene ring substituents is 1. The van der Waals surface area contributed by atoms with Gasteiger partial charge >= 0.3 is 0 Å². The van der Waals surface area contributed by atoms with Gasteiger partial charge in [-0.15, -0.1) is 0 Å². The largest absolute Gasteiger partial charge is 0.365 e. The van der Waals surface area contributed by atoms with E-state index < -0.39 is 4.92 Å². The van der Waals surface area contributed by atoms with Crippen LogP contribution in [0.3, 0.4) is 0 Å². The standard InChI is InChI=1S/C19H21N3O3/c1-14-3-7-17(8-4-14)21-12-11-20(13-15(21)2)19(23)16-5-9-18(10-6-16)22(24)25/h3-10,15H,11-13H2,1-2H3/t15-/m0/s1. The van der Waals surface area contributed by atoms with Crippen LogP contribution in [-0.4, -0.2) is 41.4 Å². The smallest absolute Gasteiger partial charge is 0.269 e. The van der Waals surface area contributed by atoms with E-state index in [1.165, 1.54) is 35.5 Å². The van der Waals surface area contributed by atoms with E-state index in [-0.39, 0.29) is 17.6 Å². The number of carbonyl (C=O) groups is 1. The van der Waals surface area contributed by atoms with Crippen molar-refractivity contribution in [2.75, 3.05) is 24.5 Å². The normalized spacial score (nSPS) is 17.4. The lowest BCUT2D eigenvalue weighted by molar-refractivity contribution is -0.384. The number of hydrogen-bond donors (Lipinski definition) is 0. The fourth-order valence-electron chi connectivity index (χ4n) is 3.17. The number of aryl methyl sites for hydroxylation is 1. The van der Waals surface area contributed by atoms with E-state index in [0.717, 1.165) is 6.54 Å². The Labute approximate surface area is 146 Å². The fraction of sp³-hybridized carbons (Fsp3) is 0.316. The third kappa shape index (κ3) is 3.63. The van der Waals surface area contributed by atoms with Crippen LogP contribution >= 0.6 is 0 Å². The predicted octanol–water partition coefficient (Wildman–Crippen LogP) is 3.25. The molecule has 1 fully saturated rings. The summed E-state index contributed by atoms with van der Waals surface area (Å²) in [4.78, 5) is 27.0. The maximum absolute atomic E-state index is 12.7. The number of nitro groups is 1. The van der Waals surface area contributed by atoms with E-state index in [4.69, 9.17) is 0 Å². The van der Waals surface area contributed by atoms with E-state index in [0.29, 0.717) is 18.7 Å². The zero-order valence-corrected chi connectivity index (χ0v) is 14.4. The summed E-state index contributed by atoms with van der Waals surface area (Å²) in [7, 11) is 0. The highest BCUT2D eigenvalue weighted by atomic mass is 16.6. The Balaban J connectivity index is 1.68. The molecule has 25 heavy (non-hydrogen) atoms. The monoisotopic (exact) mass is 339 g/mol. The van der Waals surface area contributed by atoms with Crippen molar-refractivity contribution in [1.29, 1.82) is 0 Å². The van der Waals surface area contributed by atoms with Crippen molar-refractivity contribution < 1.29 is 9.72 Å². The Kier molecular flexibility index (Phi) is 4.70. The van der Waals surface area contributed by atoms with Gasteiger partial charge < -0.3 is 9.80 Å². The number of amides is 1. The molecule has 0 aromatic heterocycles. The van der Waals surface area contributed by atoms with Crippen molar-refractivity contribution in [2.45, 2.75) is 19.9 Å². The van der Waals surface area contributed by atoms with Gasteiger partial charge in [0.25, 0.3) is 11.6 Å². The highest BCUT2D eigenvalue weighted by Crippen LogP contribution is 2.22. The molecule has 1 aliphatic rings. The zero-order chi connectivity index (χ0) is 18.0. The Morgan fingerprint density at radius 1 is 1.08 bits per heavy atom. The Hall–Kier alpha value is -2.89. The molecule has 0 spiro atoms. The van der Waals surface area contributed by atoms with Crippen LogP contribution in [0.1, 0.15) is 22.8 Å². The van der Waals surface area contributed by atoms with E-state index in [2.05, 4.69) is 43.0 Å². The minimum atomic E-state index is -0.462. The topological polar surface area (TPSA) is 66.7 Å². The first-order chi connectivity index (χ1) is 12.0. The molecule has 3 rings (SSSR count). The molecule has 2 aromatic rings. The van der Waals surface area contributed by atoms with Crippen molar-refractivity contribution in [3.63, 3.8) is 0 Å². The van der Waals surface area contributed by atoms with Gasteiger partial charge in [-0.2, -0.15) is 0 Å². The summed E-state index contributed by atoms with van der Waals surface area (Å²) >= 11 is 0. The van der Waals surface area contributed by atoms with Crippen LogP contribution in [0.2, 0.25) is 0 Å². The molecule has 0 saturated carbocycles. The molecule has 6 heteroatoms. The Morgan fingerprint density at radius 2 is 1.72 bits per heavy atom. The van der Waals surface area contributed by atoms with Crippen molar-refractivity contribution in [2.24, 2.45) is 0 Å². The van der Waals surface area contributed by atoms with Gasteiger partial charge in [0.1, 0.15) is 0 Å². The molecule has 6 nitrogen and oxygen atoms in total. The number of benzene rings is 2. The maximum atomic E-state index is 12.7. The number of piperazine rings is 1. The van der Waals surface area contributed by atoms with Gasteiger partial charge in [-0.05, 0) is 38.1 Å². The number of carbonyl (C=O) groups excluding carboxylic acids is 1. The van der Waals surface area contributed by atoms with E-state index in [1.54, 1.807) is 0 Å². The SMILES string of the molecule is Cc1ccc(N2CCN(C(=O)c3ccc([N+](=O)[O-])cc3)C[C@@H]2C)cc1. The number of anilines is 1. The Bertz CT molecular complexity index is 772. The summed E-state index contributed by atoms with van der Waals surface area (Å²) in [6, 6.07) is 14.4. The molecule has 130 valence electrons. The van der Waals surface area contributed by atoms with E-state index in [1.807, 2.05) is 4.90 Å². The van der Waals surface area contributed by atoms with Gasteiger partial charge in [0.15, 0.2) is 0 Å². The summed E-state index contributed by atoms with van der Waals surface area (Å²) in [5.41, 5.74) is 2.87. The van der Waals surface area contributed by atoms with Gasteiger partial charge in [-0.25, -0.2) is 0 Å². The van der Waals surface area contributed by atoms with Gasteiger partial charge in [-0.1, -0.05) is 17.7 Å². The number of nitro benzene ring substituents is 1. The van der Waals surface area contributed by atoms with Crippen molar-refractivity contribution in [1.82, 2.24) is 4.90 Å². The molecule has 0 N–H and O–H groups in total. The lowest BCUT2D eigenvalue weighted by Crippen LogP contribution is -2.53. The third-order valence-electron chi connectivity index (χ3n) is 4.61. The first-order valence-corrected chi connectivity index (χ1v) is 8.33. The zero-order valence-electron chi connectivity index (χ0n) is 14.4. The molecule has 1 aliphatic heterocycles. The molecular formula is C19H21N3O3. The molecule has 0 radical (unpaired) electrons. The summed E-state index contributed by atoms with van der Waals surface area (Å²) in [5, 5.41) is 10.7. The fourth-order valence-corrected chi connectivity index (χ4v) is 3.17. The Morgan fingerprint density at radius 3 is 2.28 bits per heavy atom. The van der Waals surface area contributed by atoms with Crippen LogP contribution in [0.5, 0.6) is 0 Å². The van der Waals surface area contributed by atoms with Crippen LogP contribution in [-0.2, 0) is 0 Å². The van der Waals surface area contributed by atoms with Gasteiger partial charge in [0.2, 0.25) is 0 Å². The number of hydrogen-bond acceptors (Lipinski definition) is 4. The second-order valence-corrected chi connectivity index (χ2v) is 6.43. The van der Waals surface area contributed by atoms with Crippen molar-refractivity contribution in [3.05, 3.63) is 69.8 Å². The van der Waals surface area contributed by atoms with Gasteiger partial charge in [0.05, 0.1) is 4.92 Å². The number of nitrogens with zero attached hydrogens (tertiary/aromatic N) is 3. The summed E-state index contributed by atoms with van der Waals surface area (Å²) in [6.45, 7) is 6.20. The number of rotatable bonds is 3. The first-order valence-electron chi connectivity index (χ1n) is 8.33. The molecule has 2 aromatic carbocycles. The highest BCUT2D eigenvalue weighted by Gasteiger charge is 2.27. The first kappa shape index (κ1) is 17.0. The summed E-state index contributed by atoms with van der Waals surface area (Å²) < 4.78 is 0. The second kappa shape index (κ2) is 6.93. The summed E-state index contributed by atoms with van der Waals surface area (Å²) in [5.74, 6) is -0.0784. The van der Waals surface area contributed by atoms with Crippen LogP contribution in [0.15, 0.2) is 48.5 Å².